The Labute approximate surface area is 310 Å². The van der Waals surface area contributed by atoms with E-state index >= 15 is 0 Å². The Kier molecular flexibility index (Phi) is 6.11. The number of benzene rings is 7. The Balaban J connectivity index is 1.05. The van der Waals surface area contributed by atoms with Gasteiger partial charge in [0.15, 0.2) is 0 Å². The summed E-state index contributed by atoms with van der Waals surface area (Å²) >= 11 is 2.03. The van der Waals surface area contributed by atoms with Gasteiger partial charge in [-0.2, -0.15) is 0 Å². The van der Waals surface area contributed by atoms with Crippen LogP contribution in [0.1, 0.15) is 17.0 Å². The first-order valence-electron chi connectivity index (χ1n) is 18.3. The first-order chi connectivity index (χ1) is 26.3. The summed E-state index contributed by atoms with van der Waals surface area (Å²) in [5.41, 5.74) is 10.9. The zero-order valence-corrected chi connectivity index (χ0v) is 29.5. The van der Waals surface area contributed by atoms with Crippen LogP contribution in [0.15, 0.2) is 181 Å². The van der Waals surface area contributed by atoms with E-state index in [0.29, 0.717) is 0 Å². The Morgan fingerprint density at radius 1 is 0.604 bits per heavy atom. The monoisotopic (exact) mass is 693 g/mol. The molecule has 2 aliphatic rings. The molecule has 0 saturated carbocycles. The minimum atomic E-state index is 0.249. The van der Waals surface area contributed by atoms with Crippen molar-refractivity contribution in [3.63, 3.8) is 0 Å². The lowest BCUT2D eigenvalue weighted by Crippen LogP contribution is -2.13. The summed E-state index contributed by atoms with van der Waals surface area (Å²) in [7, 11) is 0. The quantitative estimate of drug-likeness (QED) is 0.172. The molecule has 0 fully saturated rings. The number of hydrogen-bond acceptors (Lipinski definition) is 2. The van der Waals surface area contributed by atoms with E-state index in [2.05, 4.69) is 161 Å². The summed E-state index contributed by atoms with van der Waals surface area (Å²) in [6.07, 6.45) is 11.3. The van der Waals surface area contributed by atoms with Crippen LogP contribution in [0, 0.1) is 0 Å². The van der Waals surface area contributed by atoms with Crippen molar-refractivity contribution < 1.29 is 0 Å². The molecule has 1 aliphatic carbocycles. The van der Waals surface area contributed by atoms with E-state index in [1.165, 1.54) is 75.7 Å². The van der Waals surface area contributed by atoms with Gasteiger partial charge in [-0.1, -0.05) is 115 Å². The van der Waals surface area contributed by atoms with Crippen LogP contribution in [0.4, 0.5) is 0 Å². The van der Waals surface area contributed by atoms with E-state index < -0.39 is 0 Å². The van der Waals surface area contributed by atoms with Crippen molar-refractivity contribution in [2.45, 2.75) is 16.1 Å². The molecule has 53 heavy (non-hydrogen) atoms. The molecule has 1 aliphatic heterocycles. The van der Waals surface area contributed by atoms with Gasteiger partial charge in [-0.25, -0.2) is 4.98 Å². The molecule has 2 unspecified atom stereocenters. The third kappa shape index (κ3) is 4.21. The van der Waals surface area contributed by atoms with Crippen molar-refractivity contribution in [3.05, 3.63) is 187 Å². The lowest BCUT2D eigenvalue weighted by atomic mass is 9.81. The summed E-state index contributed by atoms with van der Waals surface area (Å²) in [6, 6.07) is 53.4. The highest BCUT2D eigenvalue weighted by molar-refractivity contribution is 8.00. The van der Waals surface area contributed by atoms with Crippen LogP contribution < -0.4 is 0 Å². The molecule has 4 heteroatoms. The number of fused-ring (bicyclic) bond motifs is 13. The van der Waals surface area contributed by atoms with E-state index in [1.807, 2.05) is 36.2 Å². The van der Waals surface area contributed by atoms with Gasteiger partial charge in [0, 0.05) is 50.5 Å². The smallest absolute Gasteiger partial charge is 0.137 e. The van der Waals surface area contributed by atoms with Crippen LogP contribution in [0.2, 0.25) is 0 Å². The zero-order chi connectivity index (χ0) is 34.6. The predicted molar refractivity (Wildman–Crippen MR) is 223 cm³/mol. The number of thioether (sulfide) groups is 1. The topological polar surface area (TPSA) is 22.2 Å². The minimum absolute atomic E-state index is 0.249. The second kappa shape index (κ2) is 11.1. The first-order valence-corrected chi connectivity index (χ1v) is 19.2. The minimum Gasteiger partial charge on any atom is -0.309 e. The van der Waals surface area contributed by atoms with Gasteiger partial charge in [0.25, 0.3) is 0 Å². The van der Waals surface area contributed by atoms with Crippen molar-refractivity contribution in [1.29, 1.82) is 0 Å². The van der Waals surface area contributed by atoms with Crippen molar-refractivity contribution in [2.24, 2.45) is 0 Å². The average molecular weight is 694 g/mol. The molecular formula is C49H31N3S. The van der Waals surface area contributed by atoms with Crippen LogP contribution in [-0.4, -0.2) is 19.2 Å². The van der Waals surface area contributed by atoms with E-state index in [1.54, 1.807) is 0 Å². The Morgan fingerprint density at radius 2 is 1.34 bits per heavy atom. The Hall–Kier alpha value is -6.36. The van der Waals surface area contributed by atoms with Gasteiger partial charge in [-0.3, -0.25) is 0 Å². The third-order valence-corrected chi connectivity index (χ3v) is 12.9. The van der Waals surface area contributed by atoms with E-state index in [0.717, 1.165) is 22.6 Å². The molecular weight excluding hydrogens is 663 g/mol. The fourth-order valence-electron chi connectivity index (χ4n) is 9.17. The highest BCUT2D eigenvalue weighted by Crippen LogP contribution is 2.57. The second-order valence-corrected chi connectivity index (χ2v) is 15.5. The Bertz CT molecular complexity index is 3180. The maximum atomic E-state index is 4.89. The molecule has 0 spiro atoms. The zero-order valence-electron chi connectivity index (χ0n) is 28.6. The van der Waals surface area contributed by atoms with Crippen molar-refractivity contribution in [2.75, 3.05) is 0 Å². The second-order valence-electron chi connectivity index (χ2n) is 14.3. The standard InChI is InChI=1S/C49H31N3S/c1-4-13-35-30(10-1)21-24-42-46(35)48-43(52(42)33-22-19-31(20-23-33)41-29-51-27-8-7-18-45(51)50-41)25-26-44-47(48)39-17-9-16-38(49(39)53-44)40-28-32-11-2-3-12-34(32)36-14-5-6-15-37(36)40/h1-29,39,49H. The summed E-state index contributed by atoms with van der Waals surface area (Å²) in [6.45, 7) is 0. The maximum absolute atomic E-state index is 4.89. The number of imidazole rings is 1. The summed E-state index contributed by atoms with van der Waals surface area (Å²) in [5.74, 6) is 0.249. The predicted octanol–water partition coefficient (Wildman–Crippen LogP) is 12.8. The normalized spacial score (nSPS) is 16.6. The van der Waals surface area contributed by atoms with Crippen LogP contribution in [-0.2, 0) is 0 Å². The first kappa shape index (κ1) is 29.2. The molecule has 248 valence electrons. The van der Waals surface area contributed by atoms with Gasteiger partial charge in [-0.05, 0) is 97.5 Å². The van der Waals surface area contributed by atoms with Gasteiger partial charge in [0.1, 0.15) is 5.65 Å². The van der Waals surface area contributed by atoms with Crippen LogP contribution >= 0.6 is 11.8 Å². The van der Waals surface area contributed by atoms with Gasteiger partial charge < -0.3 is 8.97 Å². The fourth-order valence-corrected chi connectivity index (χ4v) is 10.7. The number of pyridine rings is 1. The molecule has 2 atom stereocenters. The van der Waals surface area contributed by atoms with Gasteiger partial charge in [0.2, 0.25) is 0 Å². The highest BCUT2D eigenvalue weighted by atomic mass is 32.2. The summed E-state index contributed by atoms with van der Waals surface area (Å²) in [5, 5.41) is 10.8. The number of allylic oxidation sites excluding steroid dienone is 3. The van der Waals surface area contributed by atoms with Crippen LogP contribution in [0.5, 0.6) is 0 Å². The largest absolute Gasteiger partial charge is 0.309 e. The maximum Gasteiger partial charge on any atom is 0.137 e. The molecule has 3 aromatic heterocycles. The van der Waals surface area contributed by atoms with Crippen molar-refractivity contribution in [1.82, 2.24) is 14.0 Å². The molecule has 7 aromatic carbocycles. The SMILES string of the molecule is C1=CC2c3c(ccc4c3c3c5ccccc5ccc3n4-c3ccc(-c4cn5ccccc5n4)cc3)SC2C(c2cc3ccccc3c3ccccc23)=C1. The van der Waals surface area contributed by atoms with Crippen LogP contribution in [0.25, 0.3) is 82.3 Å². The molecule has 10 aromatic rings. The molecule has 3 nitrogen and oxygen atoms in total. The van der Waals surface area contributed by atoms with Gasteiger partial charge >= 0.3 is 0 Å². The van der Waals surface area contributed by atoms with Crippen molar-refractivity contribution in [3.8, 4) is 16.9 Å². The van der Waals surface area contributed by atoms with Crippen LogP contribution in [0.3, 0.4) is 0 Å². The lowest BCUT2D eigenvalue weighted by molar-refractivity contribution is 0.904. The highest BCUT2D eigenvalue weighted by Gasteiger charge is 2.39. The van der Waals surface area contributed by atoms with E-state index in [9.17, 15) is 0 Å². The van der Waals surface area contributed by atoms with Crippen molar-refractivity contribution >= 4 is 77.1 Å². The number of aromatic nitrogens is 3. The molecule has 0 amide bonds. The number of nitrogens with zero attached hydrogens (tertiary/aromatic N) is 3. The number of rotatable bonds is 3. The Morgan fingerprint density at radius 3 is 2.21 bits per heavy atom. The summed E-state index contributed by atoms with van der Waals surface area (Å²) in [4.78, 5) is 6.27. The molecule has 12 rings (SSSR count). The third-order valence-electron chi connectivity index (χ3n) is 11.5. The average Bonchev–Trinajstić information content (AvgIpc) is 3.92. The van der Waals surface area contributed by atoms with Gasteiger partial charge in [-0.15, -0.1) is 11.8 Å². The fraction of sp³-hybridized carbons (Fsp3) is 0.0408. The molecule has 0 bridgehead atoms. The molecule has 0 saturated heterocycles. The lowest BCUT2D eigenvalue weighted by Gasteiger charge is -2.25. The van der Waals surface area contributed by atoms with E-state index in [4.69, 9.17) is 4.98 Å². The molecule has 0 radical (unpaired) electrons. The summed E-state index contributed by atoms with van der Waals surface area (Å²) < 4.78 is 4.55. The van der Waals surface area contributed by atoms with E-state index in [-0.39, 0.29) is 11.2 Å². The molecule has 0 N–H and O–H groups in total. The van der Waals surface area contributed by atoms with Gasteiger partial charge in [0.05, 0.1) is 16.7 Å². The number of hydrogen-bond donors (Lipinski definition) is 0. The molecule has 4 heterocycles.